The van der Waals surface area contributed by atoms with Crippen molar-refractivity contribution in [1.82, 2.24) is 5.32 Å². The summed E-state index contributed by atoms with van der Waals surface area (Å²) in [5.41, 5.74) is 0. The first-order chi connectivity index (χ1) is 4.14. The van der Waals surface area contributed by atoms with Crippen molar-refractivity contribution in [3.8, 4) is 0 Å². The SMILES string of the molecule is CCNC1CC(F)(F)C1.[HH]. The van der Waals surface area contributed by atoms with Gasteiger partial charge in [-0.05, 0) is 6.54 Å². The molecule has 0 atom stereocenters. The smallest absolute Gasteiger partial charge is 0.251 e. The zero-order chi connectivity index (χ0) is 6.91. The van der Waals surface area contributed by atoms with Crippen molar-refractivity contribution in [3.05, 3.63) is 0 Å². The van der Waals surface area contributed by atoms with Gasteiger partial charge in [0.2, 0.25) is 0 Å². The van der Waals surface area contributed by atoms with Crippen LogP contribution < -0.4 is 5.32 Å². The van der Waals surface area contributed by atoms with Crippen LogP contribution in [0.1, 0.15) is 21.2 Å². The molecular weight excluding hydrogens is 124 g/mol. The van der Waals surface area contributed by atoms with Gasteiger partial charge >= 0.3 is 0 Å². The number of alkyl halides is 2. The summed E-state index contributed by atoms with van der Waals surface area (Å²) in [6, 6.07) is 0.0741. The van der Waals surface area contributed by atoms with Crippen molar-refractivity contribution in [2.24, 2.45) is 0 Å². The summed E-state index contributed by atoms with van der Waals surface area (Å²) in [6.07, 6.45) is 0.0572. The molecule has 0 aliphatic heterocycles. The molecule has 0 saturated heterocycles. The number of hydrogen-bond donors (Lipinski definition) is 1. The Kier molecular flexibility index (Phi) is 1.70. The van der Waals surface area contributed by atoms with Gasteiger partial charge < -0.3 is 5.32 Å². The second-order valence-electron chi connectivity index (χ2n) is 2.52. The number of nitrogens with one attached hydrogen (secondary N) is 1. The fraction of sp³-hybridized carbons (Fsp3) is 1.00. The Bertz CT molecular complexity index is 99.9. The summed E-state index contributed by atoms with van der Waals surface area (Å²) in [5, 5.41) is 2.96. The van der Waals surface area contributed by atoms with E-state index in [1.54, 1.807) is 0 Å². The van der Waals surface area contributed by atoms with Gasteiger partial charge in [0, 0.05) is 20.3 Å². The molecule has 0 bridgehead atoms. The van der Waals surface area contributed by atoms with Gasteiger partial charge in [-0.15, -0.1) is 0 Å². The molecule has 0 radical (unpaired) electrons. The molecule has 3 heteroatoms. The first kappa shape index (κ1) is 6.93. The van der Waals surface area contributed by atoms with Crippen molar-refractivity contribution in [2.45, 2.75) is 31.7 Å². The van der Waals surface area contributed by atoms with Gasteiger partial charge in [0.05, 0.1) is 0 Å². The highest BCUT2D eigenvalue weighted by Crippen LogP contribution is 2.37. The summed E-state index contributed by atoms with van der Waals surface area (Å²) in [5.74, 6) is -2.37. The third-order valence-electron chi connectivity index (χ3n) is 1.58. The maximum absolute atomic E-state index is 12.1. The predicted octanol–water partition coefficient (Wildman–Crippen LogP) is 1.64. The van der Waals surface area contributed by atoms with Gasteiger partial charge in [-0.3, -0.25) is 0 Å². The lowest BCUT2D eigenvalue weighted by Gasteiger charge is -2.35. The Morgan fingerprint density at radius 1 is 1.67 bits per heavy atom. The third kappa shape index (κ3) is 1.61. The molecule has 0 spiro atoms. The molecule has 9 heavy (non-hydrogen) atoms. The monoisotopic (exact) mass is 137 g/mol. The van der Waals surface area contributed by atoms with Crippen LogP contribution in [-0.2, 0) is 0 Å². The second kappa shape index (κ2) is 2.21. The highest BCUT2D eigenvalue weighted by Gasteiger charge is 2.44. The Morgan fingerprint density at radius 2 is 2.22 bits per heavy atom. The Hall–Kier alpha value is -0.180. The van der Waals surface area contributed by atoms with Crippen LogP contribution in [0.5, 0.6) is 0 Å². The first-order valence-electron chi connectivity index (χ1n) is 3.25. The van der Waals surface area contributed by atoms with E-state index in [2.05, 4.69) is 5.32 Å². The Morgan fingerprint density at radius 3 is 2.56 bits per heavy atom. The van der Waals surface area contributed by atoms with Crippen LogP contribution in [0.4, 0.5) is 8.78 Å². The minimum atomic E-state index is -2.37. The van der Waals surface area contributed by atoms with Crippen LogP contribution in [0.3, 0.4) is 0 Å². The van der Waals surface area contributed by atoms with Gasteiger partial charge in [-0.25, -0.2) is 8.78 Å². The number of hydrogen-bond acceptors (Lipinski definition) is 1. The Labute approximate surface area is 54.9 Å². The standard InChI is InChI=1S/C6H11F2N.H2/c1-2-9-5-3-6(7,8)4-5;/h5,9H,2-4H2,1H3;1H. The van der Waals surface area contributed by atoms with E-state index in [9.17, 15) is 8.78 Å². The molecule has 1 saturated carbocycles. The number of rotatable bonds is 2. The molecule has 1 fully saturated rings. The molecule has 1 aliphatic rings. The molecule has 1 N–H and O–H groups in total. The molecule has 0 unspecified atom stereocenters. The minimum Gasteiger partial charge on any atom is -0.314 e. The van der Waals surface area contributed by atoms with Crippen LogP contribution >= 0.6 is 0 Å². The number of halogens is 2. The highest BCUT2D eigenvalue weighted by molar-refractivity contribution is 4.90. The fourth-order valence-electron chi connectivity index (χ4n) is 1.09. The van der Waals surface area contributed by atoms with Crippen molar-refractivity contribution >= 4 is 0 Å². The van der Waals surface area contributed by atoms with Gasteiger partial charge in [-0.2, -0.15) is 0 Å². The molecule has 0 aromatic heterocycles. The van der Waals surface area contributed by atoms with E-state index < -0.39 is 5.92 Å². The average Bonchev–Trinajstić information content (AvgIpc) is 1.62. The van der Waals surface area contributed by atoms with Crippen molar-refractivity contribution in [3.63, 3.8) is 0 Å². The average molecular weight is 137 g/mol. The first-order valence-corrected chi connectivity index (χ1v) is 3.25. The van der Waals surface area contributed by atoms with Crippen molar-refractivity contribution in [1.29, 1.82) is 0 Å². The van der Waals surface area contributed by atoms with E-state index in [0.717, 1.165) is 6.54 Å². The van der Waals surface area contributed by atoms with E-state index in [-0.39, 0.29) is 20.3 Å². The largest absolute Gasteiger partial charge is 0.314 e. The normalized spacial score (nSPS) is 25.7. The fourth-order valence-corrected chi connectivity index (χ4v) is 1.09. The zero-order valence-corrected chi connectivity index (χ0v) is 5.45. The molecule has 0 aromatic rings. The third-order valence-corrected chi connectivity index (χ3v) is 1.58. The summed E-state index contributed by atoms with van der Waals surface area (Å²) < 4.78 is 24.1. The lowest BCUT2D eigenvalue weighted by molar-refractivity contribution is -0.0922. The highest BCUT2D eigenvalue weighted by atomic mass is 19.3. The maximum Gasteiger partial charge on any atom is 0.251 e. The maximum atomic E-state index is 12.1. The molecule has 0 aromatic carbocycles. The van der Waals surface area contributed by atoms with Crippen LogP contribution in [0.25, 0.3) is 0 Å². The summed E-state index contributed by atoms with van der Waals surface area (Å²) in [4.78, 5) is 0. The molecule has 1 nitrogen and oxygen atoms in total. The van der Waals surface area contributed by atoms with Crippen molar-refractivity contribution < 1.29 is 10.2 Å². The zero-order valence-electron chi connectivity index (χ0n) is 5.45. The van der Waals surface area contributed by atoms with Gasteiger partial charge in [0.1, 0.15) is 0 Å². The minimum absolute atomic E-state index is 0. The molecule has 1 aliphatic carbocycles. The van der Waals surface area contributed by atoms with E-state index in [4.69, 9.17) is 0 Å². The van der Waals surface area contributed by atoms with Crippen LogP contribution in [0.15, 0.2) is 0 Å². The van der Waals surface area contributed by atoms with E-state index in [1.165, 1.54) is 0 Å². The van der Waals surface area contributed by atoms with E-state index in [1.807, 2.05) is 6.92 Å². The molecule has 56 valence electrons. The quantitative estimate of drug-likeness (QED) is 0.610. The van der Waals surface area contributed by atoms with E-state index in [0.29, 0.717) is 0 Å². The van der Waals surface area contributed by atoms with Crippen molar-refractivity contribution in [2.75, 3.05) is 6.54 Å². The molecule has 0 amide bonds. The predicted molar refractivity (Wildman–Crippen MR) is 33.8 cm³/mol. The second-order valence-corrected chi connectivity index (χ2v) is 2.52. The molecule has 0 heterocycles. The Balaban J connectivity index is 0.000000810. The summed E-state index contributed by atoms with van der Waals surface area (Å²) >= 11 is 0. The summed E-state index contributed by atoms with van der Waals surface area (Å²) in [6.45, 7) is 2.72. The lowest BCUT2D eigenvalue weighted by Crippen LogP contribution is -2.48. The lowest BCUT2D eigenvalue weighted by atomic mass is 9.88. The molecule has 1 rings (SSSR count). The van der Waals surface area contributed by atoms with E-state index >= 15 is 0 Å². The van der Waals surface area contributed by atoms with Gasteiger partial charge in [0.25, 0.3) is 5.92 Å². The summed E-state index contributed by atoms with van der Waals surface area (Å²) in [7, 11) is 0. The topological polar surface area (TPSA) is 12.0 Å². The van der Waals surface area contributed by atoms with Crippen LogP contribution in [-0.4, -0.2) is 18.5 Å². The molecular formula is C6H13F2N. The van der Waals surface area contributed by atoms with Gasteiger partial charge in [0.15, 0.2) is 0 Å². The van der Waals surface area contributed by atoms with Crippen LogP contribution in [0, 0.1) is 0 Å². The van der Waals surface area contributed by atoms with Crippen LogP contribution in [0.2, 0.25) is 0 Å². The van der Waals surface area contributed by atoms with Gasteiger partial charge in [-0.1, -0.05) is 6.92 Å².